The van der Waals surface area contributed by atoms with Gasteiger partial charge in [0.25, 0.3) is 5.91 Å². The Bertz CT molecular complexity index is 991. The molecule has 172 valence electrons. The summed E-state index contributed by atoms with van der Waals surface area (Å²) in [5.41, 5.74) is 7.27. The Morgan fingerprint density at radius 2 is 1.75 bits per heavy atom. The zero-order valence-electron chi connectivity index (χ0n) is 20.2. The lowest BCUT2D eigenvalue weighted by Crippen LogP contribution is -2.57. The van der Waals surface area contributed by atoms with Crippen molar-refractivity contribution in [1.29, 1.82) is 0 Å². The molecule has 6 nitrogen and oxygen atoms in total. The molecule has 2 aromatic carbocycles. The minimum absolute atomic E-state index is 0.0257. The number of methoxy groups -OCH3 is 1. The van der Waals surface area contributed by atoms with Gasteiger partial charge in [0.05, 0.1) is 18.3 Å². The maximum atomic E-state index is 13.6. The third-order valence-electron chi connectivity index (χ3n) is 5.18. The molecule has 0 atom stereocenters. The van der Waals surface area contributed by atoms with Gasteiger partial charge in [0.15, 0.2) is 0 Å². The number of amides is 1. The predicted molar refractivity (Wildman–Crippen MR) is 127 cm³/mol. The minimum Gasteiger partial charge on any atom is -0.496 e. The topological polar surface area (TPSA) is 67.9 Å². The normalized spacial score (nSPS) is 11.0. The molecule has 32 heavy (non-hydrogen) atoms. The number of rotatable bonds is 9. The molecule has 0 aliphatic rings. The van der Waals surface area contributed by atoms with Crippen molar-refractivity contribution >= 4 is 17.6 Å². The molecule has 0 aliphatic heterocycles. The van der Waals surface area contributed by atoms with Crippen LogP contribution in [0.15, 0.2) is 43.0 Å². The number of benzene rings is 2. The SMILES string of the molecule is C=C(NN(C(=O)c1cc(C)cc(C)c1)C(C)(C)COC(C)=O)c1cccc(OC)c1CC. The van der Waals surface area contributed by atoms with Gasteiger partial charge >= 0.3 is 5.97 Å². The molecule has 0 fully saturated rings. The number of aryl methyl sites for hydroxylation is 2. The molecule has 0 unspecified atom stereocenters. The van der Waals surface area contributed by atoms with Crippen LogP contribution in [-0.2, 0) is 16.0 Å². The minimum atomic E-state index is -0.853. The summed E-state index contributed by atoms with van der Waals surface area (Å²) in [6, 6.07) is 11.4. The van der Waals surface area contributed by atoms with Crippen molar-refractivity contribution in [2.75, 3.05) is 13.7 Å². The van der Waals surface area contributed by atoms with E-state index in [1.807, 2.05) is 71.0 Å². The lowest BCUT2D eigenvalue weighted by molar-refractivity contribution is -0.144. The highest BCUT2D eigenvalue weighted by atomic mass is 16.5. The van der Waals surface area contributed by atoms with E-state index in [-0.39, 0.29) is 12.5 Å². The number of carbonyl (C=O) groups is 2. The zero-order chi connectivity index (χ0) is 24.1. The highest BCUT2D eigenvalue weighted by Crippen LogP contribution is 2.28. The van der Waals surface area contributed by atoms with E-state index in [1.54, 1.807) is 7.11 Å². The van der Waals surface area contributed by atoms with Crippen LogP contribution in [0, 0.1) is 13.8 Å². The molecule has 0 saturated carbocycles. The molecule has 0 aromatic heterocycles. The summed E-state index contributed by atoms with van der Waals surface area (Å²) in [5.74, 6) is 0.118. The van der Waals surface area contributed by atoms with E-state index in [9.17, 15) is 9.59 Å². The molecule has 2 rings (SSSR count). The van der Waals surface area contributed by atoms with Crippen LogP contribution in [0.4, 0.5) is 0 Å². The van der Waals surface area contributed by atoms with Crippen LogP contribution in [0.3, 0.4) is 0 Å². The van der Waals surface area contributed by atoms with E-state index in [4.69, 9.17) is 9.47 Å². The Morgan fingerprint density at radius 3 is 2.28 bits per heavy atom. The predicted octanol–water partition coefficient (Wildman–Crippen LogP) is 4.83. The maximum absolute atomic E-state index is 13.6. The molecular weight excluding hydrogens is 404 g/mol. The molecule has 1 N–H and O–H groups in total. The van der Waals surface area contributed by atoms with Gasteiger partial charge in [-0.1, -0.05) is 42.8 Å². The van der Waals surface area contributed by atoms with Crippen LogP contribution < -0.4 is 10.2 Å². The first-order chi connectivity index (χ1) is 15.0. The fourth-order valence-corrected chi connectivity index (χ4v) is 3.65. The number of hydrazine groups is 1. The third kappa shape index (κ3) is 5.90. The average Bonchev–Trinajstić information content (AvgIpc) is 2.73. The van der Waals surface area contributed by atoms with Gasteiger partial charge in [-0.2, -0.15) is 0 Å². The molecule has 6 heteroatoms. The van der Waals surface area contributed by atoms with E-state index < -0.39 is 11.5 Å². The molecule has 2 aromatic rings. The van der Waals surface area contributed by atoms with Crippen molar-refractivity contribution in [3.63, 3.8) is 0 Å². The Morgan fingerprint density at radius 1 is 1.12 bits per heavy atom. The Hall–Kier alpha value is -3.28. The monoisotopic (exact) mass is 438 g/mol. The van der Waals surface area contributed by atoms with Crippen LogP contribution in [0.1, 0.15) is 60.3 Å². The number of nitrogens with one attached hydrogen (secondary N) is 1. The van der Waals surface area contributed by atoms with Gasteiger partial charge in [-0.25, -0.2) is 5.01 Å². The largest absolute Gasteiger partial charge is 0.496 e. The van der Waals surface area contributed by atoms with Crippen molar-refractivity contribution in [2.24, 2.45) is 0 Å². The second kappa shape index (κ2) is 10.4. The van der Waals surface area contributed by atoms with Gasteiger partial charge in [-0.05, 0) is 52.3 Å². The number of ether oxygens (including phenoxy) is 2. The summed E-state index contributed by atoms with van der Waals surface area (Å²) in [5, 5.41) is 1.49. The average molecular weight is 439 g/mol. The molecular formula is C26H34N2O4. The van der Waals surface area contributed by atoms with Crippen LogP contribution in [0.25, 0.3) is 5.70 Å². The lowest BCUT2D eigenvalue weighted by atomic mass is 10.0. The Balaban J connectivity index is 2.48. The van der Waals surface area contributed by atoms with Crippen LogP contribution in [0.2, 0.25) is 0 Å². The Kier molecular flexibility index (Phi) is 8.08. The van der Waals surface area contributed by atoms with Crippen molar-refractivity contribution in [3.8, 4) is 5.75 Å². The smallest absolute Gasteiger partial charge is 0.302 e. The fraction of sp³-hybridized carbons (Fsp3) is 0.385. The third-order valence-corrected chi connectivity index (χ3v) is 5.18. The molecule has 0 heterocycles. The van der Waals surface area contributed by atoms with Gasteiger partial charge in [0.1, 0.15) is 12.4 Å². The molecule has 0 radical (unpaired) electrons. The first-order valence-corrected chi connectivity index (χ1v) is 10.7. The van der Waals surface area contributed by atoms with Crippen molar-refractivity contribution < 1.29 is 19.1 Å². The Labute approximate surface area is 191 Å². The first kappa shape index (κ1) is 25.0. The molecule has 0 spiro atoms. The van der Waals surface area contributed by atoms with Gasteiger partial charge in [-0.3, -0.25) is 15.0 Å². The molecule has 0 aliphatic carbocycles. The number of esters is 1. The van der Waals surface area contributed by atoms with Crippen molar-refractivity contribution in [1.82, 2.24) is 10.4 Å². The summed E-state index contributed by atoms with van der Waals surface area (Å²) >= 11 is 0. The van der Waals surface area contributed by atoms with Gasteiger partial charge in [-0.15, -0.1) is 0 Å². The molecule has 0 bridgehead atoms. The highest BCUT2D eigenvalue weighted by Gasteiger charge is 2.34. The number of carbonyl (C=O) groups excluding carboxylic acids is 2. The number of hydrogen-bond acceptors (Lipinski definition) is 5. The van der Waals surface area contributed by atoms with Crippen LogP contribution >= 0.6 is 0 Å². The standard InChI is InChI=1S/C26H34N2O4/c1-9-22-23(11-10-12-24(22)31-8)19(4)27-28(26(6,7)16-32-20(5)29)25(30)21-14-17(2)13-18(3)15-21/h10-15,27H,4,9,16H2,1-3,5-8H3. The highest BCUT2D eigenvalue weighted by molar-refractivity contribution is 5.95. The fourth-order valence-electron chi connectivity index (χ4n) is 3.65. The molecule has 1 amide bonds. The summed E-state index contributed by atoms with van der Waals surface area (Å²) in [7, 11) is 1.63. The van der Waals surface area contributed by atoms with Gasteiger partial charge < -0.3 is 9.47 Å². The summed E-state index contributed by atoms with van der Waals surface area (Å²) in [4.78, 5) is 25.1. The van der Waals surface area contributed by atoms with Gasteiger partial charge in [0.2, 0.25) is 0 Å². The maximum Gasteiger partial charge on any atom is 0.302 e. The summed E-state index contributed by atoms with van der Waals surface area (Å²) < 4.78 is 10.8. The lowest BCUT2D eigenvalue weighted by Gasteiger charge is -2.39. The van der Waals surface area contributed by atoms with Crippen molar-refractivity contribution in [2.45, 2.75) is 53.5 Å². The van der Waals surface area contributed by atoms with E-state index in [2.05, 4.69) is 12.0 Å². The van der Waals surface area contributed by atoms with E-state index in [0.29, 0.717) is 11.3 Å². The van der Waals surface area contributed by atoms with Crippen LogP contribution in [0.5, 0.6) is 5.75 Å². The second-order valence-corrected chi connectivity index (χ2v) is 8.54. The van der Waals surface area contributed by atoms with Crippen LogP contribution in [-0.4, -0.2) is 36.1 Å². The summed E-state index contributed by atoms with van der Waals surface area (Å²) in [6.07, 6.45) is 0.738. The first-order valence-electron chi connectivity index (χ1n) is 10.7. The van der Waals surface area contributed by atoms with Gasteiger partial charge in [0, 0.05) is 23.6 Å². The number of hydrogen-bond donors (Lipinski definition) is 1. The summed E-state index contributed by atoms with van der Waals surface area (Å²) in [6.45, 7) is 15.2. The second-order valence-electron chi connectivity index (χ2n) is 8.54. The number of nitrogens with zero attached hydrogens (tertiary/aromatic N) is 1. The van der Waals surface area contributed by atoms with E-state index in [0.717, 1.165) is 34.4 Å². The quantitative estimate of drug-likeness (QED) is 0.448. The van der Waals surface area contributed by atoms with Crippen molar-refractivity contribution in [3.05, 3.63) is 70.8 Å². The zero-order valence-corrected chi connectivity index (χ0v) is 20.2. The molecule has 0 saturated heterocycles. The van der Waals surface area contributed by atoms with E-state index >= 15 is 0 Å². The van der Waals surface area contributed by atoms with E-state index in [1.165, 1.54) is 11.9 Å².